The van der Waals surface area contributed by atoms with E-state index in [1.807, 2.05) is 7.05 Å². The van der Waals surface area contributed by atoms with Gasteiger partial charge in [-0.2, -0.15) is 0 Å². The van der Waals surface area contributed by atoms with E-state index in [1.54, 1.807) is 0 Å². The molecule has 0 aromatic heterocycles. The van der Waals surface area contributed by atoms with Crippen molar-refractivity contribution in [1.29, 1.82) is 0 Å². The maximum atomic E-state index is 5.82. The summed E-state index contributed by atoms with van der Waals surface area (Å²) in [5.74, 6) is 0. The van der Waals surface area contributed by atoms with E-state index in [0.29, 0.717) is 11.5 Å². The summed E-state index contributed by atoms with van der Waals surface area (Å²) >= 11 is 0. The molecule has 1 saturated carbocycles. The smallest absolute Gasteiger partial charge is 0.0136 e. The van der Waals surface area contributed by atoms with Gasteiger partial charge in [-0.3, -0.25) is 5.43 Å². The van der Waals surface area contributed by atoms with Crippen LogP contribution in [-0.2, 0) is 0 Å². The van der Waals surface area contributed by atoms with Crippen molar-refractivity contribution < 1.29 is 0 Å². The van der Waals surface area contributed by atoms with E-state index in [-0.39, 0.29) is 0 Å². The molecule has 0 bridgehead atoms. The van der Waals surface area contributed by atoms with Gasteiger partial charge >= 0.3 is 0 Å². The number of nitrogens with two attached hydrogens (primary N) is 1. The van der Waals surface area contributed by atoms with Gasteiger partial charge < -0.3 is 5.73 Å². The number of nitrogens with zero attached hydrogens (tertiary/aromatic N) is 1. The molecule has 1 spiro atoms. The van der Waals surface area contributed by atoms with Gasteiger partial charge in [-0.05, 0) is 38.1 Å². The van der Waals surface area contributed by atoms with Gasteiger partial charge in [0.15, 0.2) is 0 Å². The number of hydrogen-bond acceptors (Lipinski definition) is 3. The van der Waals surface area contributed by atoms with Gasteiger partial charge in [-0.15, -0.1) is 0 Å². The molecule has 12 heavy (non-hydrogen) atoms. The topological polar surface area (TPSA) is 41.3 Å². The first-order chi connectivity index (χ1) is 5.74. The molecule has 2 rings (SSSR count). The fraction of sp³-hybridized carbons (Fsp3) is 1.00. The lowest BCUT2D eigenvalue weighted by Crippen LogP contribution is -2.53. The molecule has 1 saturated heterocycles. The lowest BCUT2D eigenvalue weighted by molar-refractivity contribution is 0.00314. The molecule has 1 aliphatic carbocycles. The first kappa shape index (κ1) is 8.48. The van der Waals surface area contributed by atoms with E-state index >= 15 is 0 Å². The van der Waals surface area contributed by atoms with Crippen molar-refractivity contribution in [3.05, 3.63) is 0 Å². The first-order valence-electron chi connectivity index (χ1n) is 4.92. The van der Waals surface area contributed by atoms with Crippen LogP contribution in [-0.4, -0.2) is 31.2 Å². The third-order valence-corrected chi connectivity index (χ3v) is 3.53. The fourth-order valence-electron chi connectivity index (χ4n) is 2.67. The minimum atomic E-state index is 0.506. The summed E-state index contributed by atoms with van der Waals surface area (Å²) in [7, 11) is 2.00. The number of hydrogen-bond donors (Lipinski definition) is 2. The molecule has 2 fully saturated rings. The van der Waals surface area contributed by atoms with Gasteiger partial charge in [0.1, 0.15) is 0 Å². The molecule has 70 valence electrons. The van der Waals surface area contributed by atoms with E-state index in [4.69, 9.17) is 5.73 Å². The maximum absolute atomic E-state index is 5.82. The Hall–Kier alpha value is -0.120. The van der Waals surface area contributed by atoms with Crippen LogP contribution in [0.25, 0.3) is 0 Å². The molecule has 0 aromatic rings. The average Bonchev–Trinajstić information content (AvgIpc) is 2.04. The molecule has 0 radical (unpaired) electrons. The van der Waals surface area contributed by atoms with E-state index in [9.17, 15) is 0 Å². The molecule has 0 amide bonds. The second kappa shape index (κ2) is 2.98. The van der Waals surface area contributed by atoms with Gasteiger partial charge in [-0.25, -0.2) is 5.01 Å². The van der Waals surface area contributed by atoms with E-state index < -0.39 is 0 Å². The van der Waals surface area contributed by atoms with Crippen LogP contribution in [0.5, 0.6) is 0 Å². The largest absolute Gasteiger partial charge is 0.328 e. The number of piperidine rings is 1. The molecular formula is C9H19N3. The van der Waals surface area contributed by atoms with E-state index in [2.05, 4.69) is 10.4 Å². The monoisotopic (exact) mass is 169 g/mol. The van der Waals surface area contributed by atoms with Crippen LogP contribution in [0.2, 0.25) is 0 Å². The highest BCUT2D eigenvalue weighted by Crippen LogP contribution is 2.47. The minimum absolute atomic E-state index is 0.506. The molecule has 3 heteroatoms. The summed E-state index contributed by atoms with van der Waals surface area (Å²) in [6, 6.07) is 0.506. The predicted octanol–water partition coefficient (Wildman–Crippen LogP) is 0.324. The summed E-state index contributed by atoms with van der Waals surface area (Å²) in [4.78, 5) is 0. The molecule has 1 aliphatic heterocycles. The zero-order chi connectivity index (χ0) is 8.60. The molecule has 2 aliphatic rings. The highest BCUT2D eigenvalue weighted by Gasteiger charge is 2.43. The molecule has 0 atom stereocenters. The highest BCUT2D eigenvalue weighted by molar-refractivity contribution is 4.98. The lowest BCUT2D eigenvalue weighted by Gasteiger charge is -2.51. The van der Waals surface area contributed by atoms with Gasteiger partial charge in [-0.1, -0.05) is 0 Å². The number of hydrazine groups is 1. The molecule has 3 nitrogen and oxygen atoms in total. The van der Waals surface area contributed by atoms with Crippen molar-refractivity contribution in [2.24, 2.45) is 11.1 Å². The Morgan fingerprint density at radius 3 is 2.33 bits per heavy atom. The zero-order valence-electron chi connectivity index (χ0n) is 7.84. The number of rotatable bonds is 1. The normalized spacial score (nSPS) is 30.5. The Morgan fingerprint density at radius 2 is 1.92 bits per heavy atom. The Morgan fingerprint density at radius 1 is 1.33 bits per heavy atom. The van der Waals surface area contributed by atoms with Crippen LogP contribution in [0.3, 0.4) is 0 Å². The minimum Gasteiger partial charge on any atom is -0.328 e. The highest BCUT2D eigenvalue weighted by atomic mass is 15.5. The van der Waals surface area contributed by atoms with Gasteiger partial charge in [0.25, 0.3) is 0 Å². The zero-order valence-corrected chi connectivity index (χ0v) is 7.84. The molecule has 0 unspecified atom stereocenters. The van der Waals surface area contributed by atoms with Gasteiger partial charge in [0.2, 0.25) is 0 Å². The summed E-state index contributed by atoms with van der Waals surface area (Å²) in [6.07, 6.45) is 5.21. The quantitative estimate of drug-likeness (QED) is 0.594. The summed E-state index contributed by atoms with van der Waals surface area (Å²) in [5, 5.41) is 2.30. The molecule has 3 N–H and O–H groups in total. The number of nitrogens with one attached hydrogen (secondary N) is 1. The van der Waals surface area contributed by atoms with Crippen molar-refractivity contribution in [3.63, 3.8) is 0 Å². The van der Waals surface area contributed by atoms with Crippen LogP contribution in [0.1, 0.15) is 25.7 Å². The Bertz CT molecular complexity index is 153. The third kappa shape index (κ3) is 1.37. The lowest BCUT2D eigenvalue weighted by atomic mass is 9.61. The summed E-state index contributed by atoms with van der Waals surface area (Å²) in [5.41, 5.74) is 9.67. The van der Waals surface area contributed by atoms with Crippen molar-refractivity contribution in [1.82, 2.24) is 10.4 Å². The predicted molar refractivity (Wildman–Crippen MR) is 49.5 cm³/mol. The van der Waals surface area contributed by atoms with Gasteiger partial charge in [0, 0.05) is 19.1 Å². The average molecular weight is 169 g/mol. The van der Waals surface area contributed by atoms with Crippen molar-refractivity contribution in [2.75, 3.05) is 20.1 Å². The summed E-state index contributed by atoms with van der Waals surface area (Å²) < 4.78 is 0. The van der Waals surface area contributed by atoms with Crippen molar-refractivity contribution in [2.45, 2.75) is 31.7 Å². The van der Waals surface area contributed by atoms with E-state index in [1.165, 1.54) is 38.8 Å². The SMILES string of the molecule is CNN1CCC2(CC1)CC(N)C2. The Kier molecular flexibility index (Phi) is 2.10. The first-order valence-corrected chi connectivity index (χ1v) is 4.92. The third-order valence-electron chi connectivity index (χ3n) is 3.53. The molecular weight excluding hydrogens is 150 g/mol. The molecule has 1 heterocycles. The van der Waals surface area contributed by atoms with Crippen LogP contribution < -0.4 is 11.2 Å². The second-order valence-corrected chi connectivity index (χ2v) is 4.38. The molecule has 0 aromatic carbocycles. The Balaban J connectivity index is 1.83. The van der Waals surface area contributed by atoms with E-state index in [0.717, 1.165) is 0 Å². The Labute approximate surface area is 74.3 Å². The fourth-order valence-corrected chi connectivity index (χ4v) is 2.67. The van der Waals surface area contributed by atoms with Crippen LogP contribution in [0.15, 0.2) is 0 Å². The van der Waals surface area contributed by atoms with Crippen LogP contribution in [0, 0.1) is 5.41 Å². The van der Waals surface area contributed by atoms with Gasteiger partial charge in [0.05, 0.1) is 0 Å². The van der Waals surface area contributed by atoms with Crippen molar-refractivity contribution >= 4 is 0 Å². The van der Waals surface area contributed by atoms with Crippen molar-refractivity contribution in [3.8, 4) is 0 Å². The van der Waals surface area contributed by atoms with Crippen LogP contribution >= 0.6 is 0 Å². The second-order valence-electron chi connectivity index (χ2n) is 4.38. The standard InChI is InChI=1S/C9H19N3/c1-11-12-4-2-9(3-5-12)6-8(10)7-9/h8,11H,2-7,10H2,1H3. The maximum Gasteiger partial charge on any atom is 0.0136 e. The summed E-state index contributed by atoms with van der Waals surface area (Å²) in [6.45, 7) is 2.40. The van der Waals surface area contributed by atoms with Crippen LogP contribution in [0.4, 0.5) is 0 Å².